The molecule has 0 aliphatic rings. The Hall–Kier alpha value is -3.93. The van der Waals surface area contributed by atoms with Crippen molar-refractivity contribution in [2.75, 3.05) is 5.73 Å². The average Bonchev–Trinajstić information content (AvgIpc) is 2.74. The molecule has 0 fully saturated rings. The number of benzene rings is 3. The van der Waals surface area contributed by atoms with Crippen LogP contribution in [0.2, 0.25) is 0 Å². The summed E-state index contributed by atoms with van der Waals surface area (Å²) in [7, 11) is 0. The maximum absolute atomic E-state index is 12.8. The van der Waals surface area contributed by atoms with Crippen LogP contribution in [0.25, 0.3) is 0 Å². The summed E-state index contributed by atoms with van der Waals surface area (Å²) in [5.74, 6) is -2.49. The Bertz CT molecular complexity index is 963. The smallest absolute Gasteiger partial charge is 0.316 e. The first-order chi connectivity index (χ1) is 14.0. The average molecular weight is 387 g/mol. The van der Waals surface area contributed by atoms with Crippen LogP contribution in [-0.4, -0.2) is 22.6 Å². The molecule has 0 radical (unpaired) electrons. The highest BCUT2D eigenvalue weighted by Gasteiger charge is 2.25. The molecule has 0 aliphatic heterocycles. The standard InChI is InChI=1S/C23H21N3O3/c24-20-14-8-7-13-19(20)21(27)25-22(28)23(29)26(15-17-9-3-1-4-10-17)16-18-11-5-2-6-12-18/h1-14H,15-16,24H2,(H,25,27,28). The summed E-state index contributed by atoms with van der Waals surface area (Å²) in [6.45, 7) is 0.479. The van der Waals surface area contributed by atoms with Gasteiger partial charge in [0.1, 0.15) is 0 Å². The first kappa shape index (κ1) is 19.8. The van der Waals surface area contributed by atoms with Gasteiger partial charge in [-0.05, 0) is 23.3 Å². The number of anilines is 1. The minimum absolute atomic E-state index is 0.145. The van der Waals surface area contributed by atoms with Crippen molar-refractivity contribution < 1.29 is 14.4 Å². The molecule has 146 valence electrons. The van der Waals surface area contributed by atoms with Gasteiger partial charge in [-0.1, -0.05) is 72.8 Å². The van der Waals surface area contributed by atoms with Gasteiger partial charge in [-0.15, -0.1) is 0 Å². The van der Waals surface area contributed by atoms with Crippen LogP contribution in [0.3, 0.4) is 0 Å². The second-order valence-electron chi connectivity index (χ2n) is 6.50. The summed E-state index contributed by atoms with van der Waals surface area (Å²) in [6.07, 6.45) is 0. The maximum Gasteiger partial charge on any atom is 0.316 e. The van der Waals surface area contributed by atoms with Crippen molar-refractivity contribution in [1.82, 2.24) is 10.2 Å². The van der Waals surface area contributed by atoms with Gasteiger partial charge in [0.15, 0.2) is 0 Å². The Morgan fingerprint density at radius 1 is 0.724 bits per heavy atom. The first-order valence-electron chi connectivity index (χ1n) is 9.11. The lowest BCUT2D eigenvalue weighted by Crippen LogP contribution is -2.44. The summed E-state index contributed by atoms with van der Waals surface area (Å²) in [5, 5.41) is 2.14. The molecule has 0 saturated heterocycles. The van der Waals surface area contributed by atoms with E-state index in [4.69, 9.17) is 5.73 Å². The molecule has 0 heterocycles. The van der Waals surface area contributed by atoms with Crippen molar-refractivity contribution in [2.24, 2.45) is 0 Å². The van der Waals surface area contributed by atoms with E-state index in [0.29, 0.717) is 0 Å². The molecule has 0 atom stereocenters. The van der Waals surface area contributed by atoms with Gasteiger partial charge in [0.2, 0.25) is 0 Å². The maximum atomic E-state index is 12.8. The molecule has 6 heteroatoms. The summed E-state index contributed by atoms with van der Waals surface area (Å²) < 4.78 is 0. The highest BCUT2D eigenvalue weighted by atomic mass is 16.2. The van der Waals surface area contributed by atoms with E-state index in [2.05, 4.69) is 5.32 Å². The molecule has 0 saturated carbocycles. The molecule has 0 bridgehead atoms. The van der Waals surface area contributed by atoms with Gasteiger partial charge in [0, 0.05) is 18.8 Å². The molecule has 0 aromatic heterocycles. The minimum Gasteiger partial charge on any atom is -0.398 e. The fourth-order valence-corrected chi connectivity index (χ4v) is 2.88. The predicted molar refractivity (Wildman–Crippen MR) is 110 cm³/mol. The zero-order chi connectivity index (χ0) is 20.6. The van der Waals surface area contributed by atoms with E-state index in [9.17, 15) is 14.4 Å². The summed E-state index contributed by atoms with van der Waals surface area (Å²) in [5.41, 5.74) is 7.90. The van der Waals surface area contributed by atoms with E-state index >= 15 is 0 Å². The monoisotopic (exact) mass is 387 g/mol. The van der Waals surface area contributed by atoms with Crippen molar-refractivity contribution >= 4 is 23.4 Å². The molecule has 3 rings (SSSR count). The second-order valence-corrected chi connectivity index (χ2v) is 6.50. The quantitative estimate of drug-likeness (QED) is 0.520. The summed E-state index contributed by atoms with van der Waals surface area (Å²) in [4.78, 5) is 39.1. The van der Waals surface area contributed by atoms with E-state index < -0.39 is 17.7 Å². The molecule has 0 unspecified atom stereocenters. The number of nitrogen functional groups attached to an aromatic ring is 1. The van der Waals surface area contributed by atoms with Crippen LogP contribution >= 0.6 is 0 Å². The molecule has 3 N–H and O–H groups in total. The van der Waals surface area contributed by atoms with Gasteiger partial charge in [-0.2, -0.15) is 0 Å². The molecule has 29 heavy (non-hydrogen) atoms. The van der Waals surface area contributed by atoms with Gasteiger partial charge in [-0.3, -0.25) is 19.7 Å². The predicted octanol–water partition coefficient (Wildman–Crippen LogP) is 2.75. The first-order valence-corrected chi connectivity index (χ1v) is 9.11. The Balaban J connectivity index is 1.76. The van der Waals surface area contributed by atoms with Crippen LogP contribution in [0.1, 0.15) is 21.5 Å². The zero-order valence-corrected chi connectivity index (χ0v) is 15.7. The number of imide groups is 1. The van der Waals surface area contributed by atoms with Gasteiger partial charge in [0.05, 0.1) is 5.56 Å². The molecule has 3 amide bonds. The second kappa shape index (κ2) is 9.32. The van der Waals surface area contributed by atoms with Crippen LogP contribution in [0, 0.1) is 0 Å². The number of rotatable bonds is 5. The SMILES string of the molecule is Nc1ccccc1C(=O)NC(=O)C(=O)N(Cc1ccccc1)Cc1ccccc1. The highest BCUT2D eigenvalue weighted by Crippen LogP contribution is 2.12. The zero-order valence-electron chi connectivity index (χ0n) is 15.7. The summed E-state index contributed by atoms with van der Waals surface area (Å²) in [6, 6.07) is 25.1. The van der Waals surface area contributed by atoms with Crippen LogP contribution in [-0.2, 0) is 22.7 Å². The van der Waals surface area contributed by atoms with Crippen molar-refractivity contribution in [1.29, 1.82) is 0 Å². The number of amides is 3. The lowest BCUT2D eigenvalue weighted by Gasteiger charge is -2.22. The topological polar surface area (TPSA) is 92.5 Å². The number of carbonyl (C=O) groups is 3. The number of hydrogen-bond acceptors (Lipinski definition) is 4. The van der Waals surface area contributed by atoms with E-state index in [1.165, 1.54) is 11.0 Å². The van der Waals surface area contributed by atoms with E-state index in [-0.39, 0.29) is 24.3 Å². The number of nitrogens with two attached hydrogens (primary N) is 1. The largest absolute Gasteiger partial charge is 0.398 e. The minimum atomic E-state index is -0.995. The molecular formula is C23H21N3O3. The van der Waals surface area contributed by atoms with Crippen LogP contribution < -0.4 is 11.1 Å². The van der Waals surface area contributed by atoms with Crippen molar-refractivity contribution in [3.63, 3.8) is 0 Å². The van der Waals surface area contributed by atoms with Crippen LogP contribution in [0.15, 0.2) is 84.9 Å². The number of hydrogen-bond donors (Lipinski definition) is 2. The molecule has 6 nitrogen and oxygen atoms in total. The lowest BCUT2D eigenvalue weighted by atomic mass is 10.1. The third-order valence-corrected chi connectivity index (χ3v) is 4.35. The third-order valence-electron chi connectivity index (χ3n) is 4.35. The molecule has 3 aromatic rings. The fourth-order valence-electron chi connectivity index (χ4n) is 2.88. The normalized spacial score (nSPS) is 10.2. The van der Waals surface area contributed by atoms with Crippen LogP contribution in [0.4, 0.5) is 5.69 Å². The number of carbonyl (C=O) groups excluding carboxylic acids is 3. The third kappa shape index (κ3) is 5.29. The Labute approximate surface area is 169 Å². The van der Waals surface area contributed by atoms with Gasteiger partial charge in [0.25, 0.3) is 5.91 Å². The van der Waals surface area contributed by atoms with Gasteiger partial charge in [-0.25, -0.2) is 0 Å². The molecular weight excluding hydrogens is 366 g/mol. The summed E-state index contributed by atoms with van der Waals surface area (Å²) >= 11 is 0. The van der Waals surface area contributed by atoms with Crippen molar-refractivity contribution in [2.45, 2.75) is 13.1 Å². The Morgan fingerprint density at radius 3 is 1.72 bits per heavy atom. The molecule has 0 spiro atoms. The lowest BCUT2D eigenvalue weighted by molar-refractivity contribution is -0.146. The van der Waals surface area contributed by atoms with Crippen molar-refractivity contribution in [3.05, 3.63) is 102 Å². The molecule has 0 aliphatic carbocycles. The number of para-hydroxylation sites is 1. The molecule has 3 aromatic carbocycles. The van der Waals surface area contributed by atoms with E-state index in [1.54, 1.807) is 18.2 Å². The van der Waals surface area contributed by atoms with Gasteiger partial charge >= 0.3 is 11.8 Å². The van der Waals surface area contributed by atoms with Gasteiger partial charge < -0.3 is 10.6 Å². The van der Waals surface area contributed by atoms with Crippen LogP contribution in [0.5, 0.6) is 0 Å². The Morgan fingerprint density at radius 2 is 1.21 bits per heavy atom. The number of nitrogens with one attached hydrogen (secondary N) is 1. The van der Waals surface area contributed by atoms with Crippen molar-refractivity contribution in [3.8, 4) is 0 Å². The van der Waals surface area contributed by atoms with E-state index in [0.717, 1.165) is 11.1 Å². The van der Waals surface area contributed by atoms with E-state index in [1.807, 2.05) is 60.7 Å². The number of nitrogens with zero attached hydrogens (tertiary/aromatic N) is 1. The highest BCUT2D eigenvalue weighted by molar-refractivity contribution is 6.38. The fraction of sp³-hybridized carbons (Fsp3) is 0.0870. The Kier molecular flexibility index (Phi) is 6.37.